The number of halogens is 1. The number of aliphatic hydroxyl groups is 1. The molecule has 252 valence electrons. The van der Waals surface area contributed by atoms with Crippen LogP contribution >= 0.6 is 0 Å². The second kappa shape index (κ2) is 13.1. The highest BCUT2D eigenvalue weighted by Crippen LogP contribution is 2.36. The van der Waals surface area contributed by atoms with E-state index in [0.717, 1.165) is 88.7 Å². The molecule has 4 fully saturated rings. The number of nitrogens with zero attached hydrogens (tertiary/aromatic N) is 5. The van der Waals surface area contributed by atoms with Crippen molar-refractivity contribution in [3.05, 3.63) is 53.5 Å². The number of aromatic nitrogens is 3. The number of hydrogen-bond donors (Lipinski definition) is 3. The van der Waals surface area contributed by atoms with Crippen molar-refractivity contribution in [3.8, 4) is 5.88 Å². The molecular weight excluding hydrogens is 601 g/mol. The van der Waals surface area contributed by atoms with Crippen molar-refractivity contribution in [1.82, 2.24) is 29.7 Å². The lowest BCUT2D eigenvalue weighted by Gasteiger charge is -2.37. The van der Waals surface area contributed by atoms with Crippen molar-refractivity contribution in [2.24, 2.45) is 16.8 Å². The first-order chi connectivity index (χ1) is 22.6. The summed E-state index contributed by atoms with van der Waals surface area (Å²) in [6.45, 7) is 8.57. The normalized spacial score (nSPS) is 26.0. The Morgan fingerprint density at radius 1 is 1.11 bits per heavy atom. The highest BCUT2D eigenvalue weighted by atomic mass is 19.1. The second-order valence-electron chi connectivity index (χ2n) is 14.4. The van der Waals surface area contributed by atoms with Crippen molar-refractivity contribution in [2.75, 3.05) is 39.3 Å². The van der Waals surface area contributed by atoms with Crippen LogP contribution in [0.4, 0.5) is 4.39 Å². The molecule has 3 N–H and O–H groups in total. The largest absolute Gasteiger partial charge is 0.476 e. The van der Waals surface area contributed by atoms with Crippen molar-refractivity contribution in [1.29, 1.82) is 0 Å². The summed E-state index contributed by atoms with van der Waals surface area (Å²) in [6, 6.07) is 8.20. The molecule has 3 aliphatic heterocycles. The number of carbonyl (C=O) groups is 2. The zero-order valence-corrected chi connectivity index (χ0v) is 27.3. The van der Waals surface area contributed by atoms with E-state index in [1.165, 1.54) is 18.2 Å². The van der Waals surface area contributed by atoms with Gasteiger partial charge in [-0.05, 0) is 96.0 Å². The number of H-pyrrole nitrogens is 1. The maximum Gasteiger partial charge on any atom is 0.280 e. The lowest BCUT2D eigenvalue weighted by Crippen LogP contribution is -2.49. The van der Waals surface area contributed by atoms with E-state index in [1.54, 1.807) is 12.3 Å². The first-order valence-electron chi connectivity index (χ1n) is 17.2. The molecule has 4 aliphatic rings. The second-order valence-corrected chi connectivity index (χ2v) is 14.4. The number of carbonyl (C=O) groups excluding carboxylic acids is 2. The Hall–Kier alpha value is -3.61. The van der Waals surface area contributed by atoms with Gasteiger partial charge < -0.3 is 29.6 Å². The van der Waals surface area contributed by atoms with Gasteiger partial charge in [-0.25, -0.2) is 9.37 Å². The molecule has 1 saturated carbocycles. The van der Waals surface area contributed by atoms with E-state index in [4.69, 9.17) is 4.74 Å². The summed E-state index contributed by atoms with van der Waals surface area (Å²) in [5, 5.41) is 13.8. The number of amides is 2. The van der Waals surface area contributed by atoms with Gasteiger partial charge in [-0.2, -0.15) is 4.99 Å². The molecular formula is C35H46FN7O4. The number of ether oxygens (including phenoxy) is 1. The maximum absolute atomic E-state index is 13.9. The number of piperidine rings is 1. The van der Waals surface area contributed by atoms with E-state index in [-0.39, 0.29) is 23.4 Å². The SMILES string of the molecule is CC(C)(O)C1CCN(CCOc2cc3c(cn2)[nH]/c(=N\C(=O)c2cccc(F)c2)n3[C@H]2CC[C@@H](C(=O)N3C[C@H]4C[C@@H]3CN4)CC2)CC1. The summed E-state index contributed by atoms with van der Waals surface area (Å²) in [6.07, 6.45) is 7.74. The Morgan fingerprint density at radius 2 is 1.89 bits per heavy atom. The lowest BCUT2D eigenvalue weighted by molar-refractivity contribution is -0.138. The highest BCUT2D eigenvalue weighted by Gasteiger charge is 2.42. The Labute approximate surface area is 274 Å². The maximum atomic E-state index is 13.9. The first-order valence-corrected chi connectivity index (χ1v) is 17.2. The fourth-order valence-corrected chi connectivity index (χ4v) is 8.12. The molecule has 0 unspecified atom stereocenters. The number of benzene rings is 1. The molecule has 2 aromatic heterocycles. The van der Waals surface area contributed by atoms with E-state index in [2.05, 4.69) is 30.1 Å². The van der Waals surface area contributed by atoms with Crippen LogP contribution < -0.4 is 15.7 Å². The zero-order chi connectivity index (χ0) is 32.7. The van der Waals surface area contributed by atoms with E-state index < -0.39 is 17.3 Å². The molecule has 12 heteroatoms. The van der Waals surface area contributed by atoms with E-state index >= 15 is 0 Å². The van der Waals surface area contributed by atoms with Crippen molar-refractivity contribution >= 4 is 22.8 Å². The third-order valence-corrected chi connectivity index (χ3v) is 10.9. The first kappa shape index (κ1) is 32.0. The van der Waals surface area contributed by atoms with Gasteiger partial charge >= 0.3 is 0 Å². The molecule has 2 bridgehead atoms. The van der Waals surface area contributed by atoms with Gasteiger partial charge in [0, 0.05) is 55.3 Å². The van der Waals surface area contributed by atoms with Gasteiger partial charge in [0.25, 0.3) is 5.91 Å². The molecule has 2 amide bonds. The quantitative estimate of drug-likeness (QED) is 0.342. The lowest BCUT2D eigenvalue weighted by atomic mass is 9.83. The summed E-state index contributed by atoms with van der Waals surface area (Å²) in [5.74, 6) is 0.0380. The molecule has 11 nitrogen and oxygen atoms in total. The molecule has 5 heterocycles. The summed E-state index contributed by atoms with van der Waals surface area (Å²) < 4.78 is 22.1. The average Bonchev–Trinajstić information content (AvgIpc) is 3.79. The number of rotatable bonds is 8. The van der Waals surface area contributed by atoms with Crippen molar-refractivity contribution in [3.63, 3.8) is 0 Å². The number of likely N-dealkylation sites (tertiary alicyclic amines) is 2. The monoisotopic (exact) mass is 647 g/mol. The summed E-state index contributed by atoms with van der Waals surface area (Å²) in [4.78, 5) is 43.3. The van der Waals surface area contributed by atoms with Crippen LogP contribution in [0.25, 0.3) is 11.0 Å². The van der Waals surface area contributed by atoms with Crippen LogP contribution in [0.3, 0.4) is 0 Å². The standard InChI is InChI=1S/C35H46FN7O4/c1-35(2,46)24-10-12-41(13-11-24)14-15-47-31-18-30-29(20-38-31)39-34(40-32(44)23-4-3-5-25(36)16-23)43(30)27-8-6-22(7-9-27)33(45)42-21-26-17-28(42)19-37-26/h3-5,16,18,20,22,24,26-28,37,46H,6-15,17,19,21H2,1-2H3,(H,39,40,44)/t22-,26-,27+,28-/m1/s1. The van der Waals surface area contributed by atoms with Crippen LogP contribution in [0.2, 0.25) is 0 Å². The average molecular weight is 648 g/mol. The third-order valence-electron chi connectivity index (χ3n) is 10.9. The molecule has 0 radical (unpaired) electrons. The fourth-order valence-electron chi connectivity index (χ4n) is 8.12. The van der Waals surface area contributed by atoms with Gasteiger partial charge in [0.2, 0.25) is 17.4 Å². The van der Waals surface area contributed by atoms with E-state index in [1.807, 2.05) is 24.5 Å². The number of fused-ring (bicyclic) bond motifs is 3. The van der Waals surface area contributed by atoms with Crippen LogP contribution in [-0.4, -0.2) is 98.3 Å². The number of aromatic amines is 1. The van der Waals surface area contributed by atoms with Crippen LogP contribution in [0.15, 0.2) is 41.5 Å². The minimum absolute atomic E-state index is 0.000187. The predicted octanol–water partition coefficient (Wildman–Crippen LogP) is 3.41. The number of piperazine rings is 1. The predicted molar refractivity (Wildman–Crippen MR) is 174 cm³/mol. The topological polar surface area (TPSA) is 128 Å². The summed E-state index contributed by atoms with van der Waals surface area (Å²) in [7, 11) is 0. The minimum Gasteiger partial charge on any atom is -0.476 e. The molecule has 0 spiro atoms. The third kappa shape index (κ3) is 6.86. The van der Waals surface area contributed by atoms with Gasteiger partial charge in [-0.15, -0.1) is 0 Å². The van der Waals surface area contributed by atoms with Crippen LogP contribution in [0.1, 0.15) is 75.2 Å². The molecule has 47 heavy (non-hydrogen) atoms. The summed E-state index contributed by atoms with van der Waals surface area (Å²) in [5.41, 5.74) is 1.44. The van der Waals surface area contributed by atoms with Gasteiger partial charge in [0.1, 0.15) is 12.4 Å². The number of hydrogen-bond acceptors (Lipinski definition) is 7. The minimum atomic E-state index is -0.652. The molecule has 2 atom stereocenters. The van der Waals surface area contributed by atoms with E-state index in [9.17, 15) is 19.1 Å². The smallest absolute Gasteiger partial charge is 0.280 e. The highest BCUT2D eigenvalue weighted by molar-refractivity contribution is 5.95. The van der Waals surface area contributed by atoms with Crippen LogP contribution in [0.5, 0.6) is 5.88 Å². The van der Waals surface area contributed by atoms with E-state index in [0.29, 0.717) is 36.1 Å². The van der Waals surface area contributed by atoms with Crippen molar-refractivity contribution in [2.45, 2.75) is 82.5 Å². The Morgan fingerprint density at radius 3 is 2.57 bits per heavy atom. The molecule has 1 aliphatic carbocycles. The molecule has 3 aromatic rings. The Bertz CT molecular complexity index is 1680. The number of nitrogens with one attached hydrogen (secondary N) is 2. The van der Waals surface area contributed by atoms with Gasteiger partial charge in [0.05, 0.1) is 22.8 Å². The number of pyridine rings is 1. The molecule has 1 aromatic carbocycles. The number of imidazole rings is 1. The summed E-state index contributed by atoms with van der Waals surface area (Å²) >= 11 is 0. The van der Waals surface area contributed by atoms with Crippen molar-refractivity contribution < 1.29 is 23.8 Å². The molecule has 3 saturated heterocycles. The fraction of sp³-hybridized carbons (Fsp3) is 0.600. The van der Waals surface area contributed by atoms with Gasteiger partial charge in [-0.1, -0.05) is 6.07 Å². The van der Waals surface area contributed by atoms with Crippen LogP contribution in [0, 0.1) is 17.7 Å². The Kier molecular flexibility index (Phi) is 8.92. The Balaban J connectivity index is 1.09. The zero-order valence-electron chi connectivity index (χ0n) is 27.3. The van der Waals surface area contributed by atoms with Gasteiger partial charge in [-0.3, -0.25) is 14.5 Å². The molecule has 7 rings (SSSR count). The van der Waals surface area contributed by atoms with Gasteiger partial charge in [0.15, 0.2) is 0 Å². The van der Waals surface area contributed by atoms with Crippen LogP contribution in [-0.2, 0) is 4.79 Å².